The Labute approximate surface area is 169 Å². The van der Waals surface area contributed by atoms with Crippen LogP contribution in [-0.2, 0) is 6.61 Å². The molecule has 3 rings (SSSR count). The molecule has 1 amide bonds. The molecule has 0 aliphatic rings. The van der Waals surface area contributed by atoms with Crippen LogP contribution in [0.15, 0.2) is 65.1 Å². The molecular formula is C22H23ClN2O3. The van der Waals surface area contributed by atoms with Crippen molar-refractivity contribution in [1.82, 2.24) is 0 Å². The van der Waals surface area contributed by atoms with E-state index in [1.807, 2.05) is 36.4 Å². The molecule has 0 saturated carbocycles. The van der Waals surface area contributed by atoms with E-state index >= 15 is 0 Å². The SMILES string of the molecule is CCN(CC)c1ccc(NC(=O)c2ccc(COc3cccc(Cl)c3)o2)cc1. The summed E-state index contributed by atoms with van der Waals surface area (Å²) >= 11 is 5.93. The molecule has 5 nitrogen and oxygen atoms in total. The number of anilines is 2. The summed E-state index contributed by atoms with van der Waals surface area (Å²) < 4.78 is 11.2. The Morgan fingerprint density at radius 1 is 1.07 bits per heavy atom. The number of nitrogens with one attached hydrogen (secondary N) is 1. The summed E-state index contributed by atoms with van der Waals surface area (Å²) in [5.41, 5.74) is 1.84. The Balaban J connectivity index is 1.58. The lowest BCUT2D eigenvalue weighted by Gasteiger charge is -2.21. The molecule has 6 heteroatoms. The second-order valence-electron chi connectivity index (χ2n) is 6.19. The fourth-order valence-electron chi connectivity index (χ4n) is 2.83. The minimum absolute atomic E-state index is 0.214. The third-order valence-corrected chi connectivity index (χ3v) is 4.55. The fourth-order valence-corrected chi connectivity index (χ4v) is 3.01. The molecule has 0 atom stereocenters. The van der Waals surface area contributed by atoms with Gasteiger partial charge in [0.15, 0.2) is 5.76 Å². The molecule has 0 saturated heterocycles. The molecule has 0 aliphatic carbocycles. The Bertz CT molecular complexity index is 918. The quantitative estimate of drug-likeness (QED) is 0.535. The van der Waals surface area contributed by atoms with E-state index < -0.39 is 0 Å². The van der Waals surface area contributed by atoms with Gasteiger partial charge in [0.2, 0.25) is 0 Å². The Morgan fingerprint density at radius 2 is 1.82 bits per heavy atom. The molecule has 2 aromatic carbocycles. The number of hydrogen-bond donors (Lipinski definition) is 1. The van der Waals surface area contributed by atoms with Crippen LogP contribution >= 0.6 is 11.6 Å². The lowest BCUT2D eigenvalue weighted by atomic mass is 10.2. The first-order valence-electron chi connectivity index (χ1n) is 9.22. The zero-order chi connectivity index (χ0) is 19.9. The maximum Gasteiger partial charge on any atom is 0.291 e. The highest BCUT2D eigenvalue weighted by Gasteiger charge is 2.12. The Kier molecular flexibility index (Phi) is 6.61. The van der Waals surface area contributed by atoms with Gasteiger partial charge in [-0.2, -0.15) is 0 Å². The molecular weight excluding hydrogens is 376 g/mol. The van der Waals surface area contributed by atoms with Crippen LogP contribution in [0.2, 0.25) is 5.02 Å². The molecule has 0 unspecified atom stereocenters. The van der Waals surface area contributed by atoms with Crippen LogP contribution in [0, 0.1) is 0 Å². The highest BCUT2D eigenvalue weighted by Crippen LogP contribution is 2.20. The molecule has 1 aromatic heterocycles. The van der Waals surface area contributed by atoms with Crippen LogP contribution in [-0.4, -0.2) is 19.0 Å². The largest absolute Gasteiger partial charge is 0.486 e. The van der Waals surface area contributed by atoms with Crippen molar-refractivity contribution in [2.24, 2.45) is 0 Å². The lowest BCUT2D eigenvalue weighted by molar-refractivity contribution is 0.0992. The van der Waals surface area contributed by atoms with E-state index in [9.17, 15) is 4.79 Å². The predicted octanol–water partition coefficient (Wildman–Crippen LogP) is 5.61. The number of carbonyl (C=O) groups excluding carboxylic acids is 1. The first kappa shape index (κ1) is 19.8. The summed E-state index contributed by atoms with van der Waals surface area (Å²) in [4.78, 5) is 14.6. The van der Waals surface area contributed by atoms with Crippen molar-refractivity contribution in [1.29, 1.82) is 0 Å². The lowest BCUT2D eigenvalue weighted by Crippen LogP contribution is -2.21. The highest BCUT2D eigenvalue weighted by molar-refractivity contribution is 6.30. The maximum atomic E-state index is 12.4. The van der Waals surface area contributed by atoms with Gasteiger partial charge >= 0.3 is 0 Å². The van der Waals surface area contributed by atoms with Gasteiger partial charge in [0, 0.05) is 29.5 Å². The summed E-state index contributed by atoms with van der Waals surface area (Å²) in [6.07, 6.45) is 0. The molecule has 1 N–H and O–H groups in total. The molecule has 0 aliphatic heterocycles. The second-order valence-corrected chi connectivity index (χ2v) is 6.62. The van der Waals surface area contributed by atoms with Crippen molar-refractivity contribution < 1.29 is 13.9 Å². The van der Waals surface area contributed by atoms with E-state index in [1.54, 1.807) is 24.3 Å². The summed E-state index contributed by atoms with van der Waals surface area (Å²) in [6, 6.07) is 18.2. The minimum Gasteiger partial charge on any atom is -0.486 e. The molecule has 146 valence electrons. The normalized spacial score (nSPS) is 10.5. The van der Waals surface area contributed by atoms with Gasteiger partial charge in [0.05, 0.1) is 0 Å². The average Bonchev–Trinajstić information content (AvgIpc) is 3.18. The molecule has 28 heavy (non-hydrogen) atoms. The van der Waals surface area contributed by atoms with Gasteiger partial charge in [-0.25, -0.2) is 0 Å². The number of ether oxygens (including phenoxy) is 1. The van der Waals surface area contributed by atoms with Gasteiger partial charge in [-0.15, -0.1) is 0 Å². The number of amides is 1. The maximum absolute atomic E-state index is 12.4. The Morgan fingerprint density at radius 3 is 2.50 bits per heavy atom. The number of rotatable bonds is 8. The topological polar surface area (TPSA) is 54.7 Å². The third kappa shape index (κ3) is 5.08. The van der Waals surface area contributed by atoms with Gasteiger partial charge < -0.3 is 19.4 Å². The van der Waals surface area contributed by atoms with Crippen LogP contribution in [0.1, 0.15) is 30.2 Å². The zero-order valence-electron chi connectivity index (χ0n) is 15.9. The monoisotopic (exact) mass is 398 g/mol. The highest BCUT2D eigenvalue weighted by atomic mass is 35.5. The summed E-state index contributed by atoms with van der Waals surface area (Å²) in [5.74, 6) is 1.13. The Hall–Kier alpha value is -2.92. The van der Waals surface area contributed by atoms with Gasteiger partial charge in [-0.3, -0.25) is 4.79 Å². The number of benzene rings is 2. The summed E-state index contributed by atoms with van der Waals surface area (Å²) in [5, 5.41) is 3.45. The van der Waals surface area contributed by atoms with E-state index in [2.05, 4.69) is 24.1 Å². The van der Waals surface area contributed by atoms with E-state index in [1.165, 1.54) is 0 Å². The number of halogens is 1. The number of nitrogens with zero attached hydrogens (tertiary/aromatic N) is 1. The molecule has 0 bridgehead atoms. The number of furan rings is 1. The van der Waals surface area contributed by atoms with Gasteiger partial charge in [0.25, 0.3) is 5.91 Å². The van der Waals surface area contributed by atoms with E-state index in [4.69, 9.17) is 20.8 Å². The molecule has 0 radical (unpaired) electrons. The predicted molar refractivity (Wildman–Crippen MR) is 112 cm³/mol. The standard InChI is InChI=1S/C22H23ClN2O3/c1-3-25(4-2)18-10-8-17(9-11-18)24-22(26)21-13-12-20(28-21)15-27-19-7-5-6-16(23)14-19/h5-14H,3-4,15H2,1-2H3,(H,24,26). The first-order valence-corrected chi connectivity index (χ1v) is 9.60. The van der Waals surface area contributed by atoms with Crippen molar-refractivity contribution in [3.63, 3.8) is 0 Å². The molecule has 0 spiro atoms. The first-order chi connectivity index (χ1) is 13.6. The fraction of sp³-hybridized carbons (Fsp3) is 0.227. The van der Waals surface area contributed by atoms with E-state index in [-0.39, 0.29) is 18.3 Å². The average molecular weight is 399 g/mol. The van der Waals surface area contributed by atoms with Crippen LogP contribution in [0.5, 0.6) is 5.75 Å². The van der Waals surface area contributed by atoms with E-state index in [0.29, 0.717) is 22.2 Å². The third-order valence-electron chi connectivity index (χ3n) is 4.32. The van der Waals surface area contributed by atoms with Crippen molar-refractivity contribution in [3.05, 3.63) is 77.2 Å². The van der Waals surface area contributed by atoms with Crippen molar-refractivity contribution in [2.45, 2.75) is 20.5 Å². The molecule has 0 fully saturated rings. The second kappa shape index (κ2) is 9.33. The summed E-state index contributed by atoms with van der Waals surface area (Å²) in [7, 11) is 0. The number of hydrogen-bond acceptors (Lipinski definition) is 4. The van der Waals surface area contributed by atoms with Crippen LogP contribution in [0.3, 0.4) is 0 Å². The van der Waals surface area contributed by atoms with Gasteiger partial charge in [0.1, 0.15) is 18.1 Å². The summed E-state index contributed by atoms with van der Waals surface area (Å²) in [6.45, 7) is 6.32. The van der Waals surface area contributed by atoms with Crippen LogP contribution in [0.4, 0.5) is 11.4 Å². The zero-order valence-corrected chi connectivity index (χ0v) is 16.7. The van der Waals surface area contributed by atoms with Crippen molar-refractivity contribution in [2.75, 3.05) is 23.3 Å². The van der Waals surface area contributed by atoms with Crippen LogP contribution in [0.25, 0.3) is 0 Å². The van der Waals surface area contributed by atoms with Gasteiger partial charge in [-0.1, -0.05) is 17.7 Å². The smallest absolute Gasteiger partial charge is 0.291 e. The van der Waals surface area contributed by atoms with Crippen LogP contribution < -0.4 is 15.0 Å². The van der Waals surface area contributed by atoms with E-state index in [0.717, 1.165) is 18.8 Å². The van der Waals surface area contributed by atoms with Gasteiger partial charge in [-0.05, 0) is 68.4 Å². The molecule has 1 heterocycles. The minimum atomic E-state index is -0.301. The molecule has 3 aromatic rings. The van der Waals surface area contributed by atoms with Crippen molar-refractivity contribution >= 4 is 28.9 Å². The number of carbonyl (C=O) groups is 1. The van der Waals surface area contributed by atoms with Crippen molar-refractivity contribution in [3.8, 4) is 5.75 Å².